The van der Waals surface area contributed by atoms with Crippen molar-refractivity contribution in [1.29, 1.82) is 0 Å². The van der Waals surface area contributed by atoms with E-state index in [1.54, 1.807) is 17.4 Å². The minimum atomic E-state index is -3.64. The number of primary sulfonamides is 1. The second-order valence-corrected chi connectivity index (χ2v) is 9.04. The molecule has 0 saturated heterocycles. The molecule has 0 saturated carbocycles. The van der Waals surface area contributed by atoms with E-state index in [-0.39, 0.29) is 4.21 Å². The average Bonchev–Trinajstić information content (AvgIpc) is 3.20. The molecule has 0 fully saturated rings. The van der Waals surface area contributed by atoms with Crippen LogP contribution >= 0.6 is 22.7 Å². The lowest BCUT2D eigenvalue weighted by atomic mass is 10.1. The Labute approximate surface area is 150 Å². The number of hydrogen-bond acceptors (Lipinski definition) is 5. The zero-order valence-corrected chi connectivity index (χ0v) is 16.1. The molecule has 0 aliphatic rings. The quantitative estimate of drug-likeness (QED) is 0.502. The molecule has 0 aliphatic heterocycles. The maximum atomic E-state index is 11.3. The number of aliphatic imine (C=N–C) groups is 1. The Kier molecular flexibility index (Phi) is 6.79. The first kappa shape index (κ1) is 18.9. The largest absolute Gasteiger partial charge is 0.357 e. The van der Waals surface area contributed by atoms with Crippen molar-refractivity contribution < 1.29 is 8.42 Å². The van der Waals surface area contributed by atoms with Gasteiger partial charge >= 0.3 is 0 Å². The molecule has 9 heteroatoms. The Morgan fingerprint density at radius 1 is 1.33 bits per heavy atom. The van der Waals surface area contributed by atoms with Gasteiger partial charge in [-0.2, -0.15) is 11.3 Å². The van der Waals surface area contributed by atoms with E-state index < -0.39 is 10.0 Å². The first-order chi connectivity index (χ1) is 11.4. The molecular formula is C15H22N4O2S3. The highest BCUT2D eigenvalue weighted by Crippen LogP contribution is 2.21. The SMILES string of the molecule is CCNC(=NCc1ccc(S(N)(=O)=O)s1)NCC(C)c1ccsc1. The highest BCUT2D eigenvalue weighted by Gasteiger charge is 2.11. The van der Waals surface area contributed by atoms with Crippen LogP contribution in [0.15, 0.2) is 38.2 Å². The maximum absolute atomic E-state index is 11.3. The van der Waals surface area contributed by atoms with E-state index in [2.05, 4.69) is 39.4 Å². The van der Waals surface area contributed by atoms with Crippen LogP contribution in [0.4, 0.5) is 0 Å². The number of nitrogens with one attached hydrogen (secondary N) is 2. The van der Waals surface area contributed by atoms with Crippen molar-refractivity contribution >= 4 is 38.7 Å². The van der Waals surface area contributed by atoms with Crippen LogP contribution in [0, 0.1) is 0 Å². The minimum absolute atomic E-state index is 0.164. The van der Waals surface area contributed by atoms with Gasteiger partial charge in [0, 0.05) is 18.0 Å². The predicted octanol–water partition coefficient (Wildman–Crippen LogP) is 2.32. The lowest BCUT2D eigenvalue weighted by molar-refractivity contribution is 0.600. The van der Waals surface area contributed by atoms with Gasteiger partial charge in [-0.15, -0.1) is 11.3 Å². The van der Waals surface area contributed by atoms with Crippen LogP contribution in [-0.4, -0.2) is 27.5 Å². The van der Waals surface area contributed by atoms with Gasteiger partial charge < -0.3 is 10.6 Å². The molecule has 0 radical (unpaired) electrons. The summed E-state index contributed by atoms with van der Waals surface area (Å²) in [6.07, 6.45) is 0. The summed E-state index contributed by atoms with van der Waals surface area (Å²) in [6, 6.07) is 5.39. The molecule has 0 spiro atoms. The fourth-order valence-electron chi connectivity index (χ4n) is 2.02. The summed E-state index contributed by atoms with van der Waals surface area (Å²) in [5.41, 5.74) is 1.30. The number of hydrogen-bond donors (Lipinski definition) is 3. The van der Waals surface area contributed by atoms with Gasteiger partial charge in [0.1, 0.15) is 4.21 Å². The molecule has 0 aromatic carbocycles. The van der Waals surface area contributed by atoms with Crippen molar-refractivity contribution in [2.75, 3.05) is 13.1 Å². The third-order valence-corrected chi connectivity index (χ3v) is 6.55. The minimum Gasteiger partial charge on any atom is -0.357 e. The fourth-order valence-corrected chi connectivity index (χ4v) is 4.50. The van der Waals surface area contributed by atoms with E-state index in [0.29, 0.717) is 18.4 Å². The van der Waals surface area contributed by atoms with Gasteiger partial charge in [0.2, 0.25) is 10.0 Å². The maximum Gasteiger partial charge on any atom is 0.247 e. The van der Waals surface area contributed by atoms with Crippen molar-refractivity contribution in [3.05, 3.63) is 39.4 Å². The zero-order chi connectivity index (χ0) is 17.6. The first-order valence-electron chi connectivity index (χ1n) is 7.56. The third kappa shape index (κ3) is 5.59. The number of thiophene rings is 2. The van der Waals surface area contributed by atoms with E-state index in [1.165, 1.54) is 11.6 Å². The molecule has 2 rings (SSSR count). The summed E-state index contributed by atoms with van der Waals surface area (Å²) < 4.78 is 22.8. The van der Waals surface area contributed by atoms with Crippen molar-refractivity contribution in [2.45, 2.75) is 30.5 Å². The van der Waals surface area contributed by atoms with Crippen LogP contribution in [-0.2, 0) is 16.6 Å². The average molecular weight is 387 g/mol. The summed E-state index contributed by atoms with van der Waals surface area (Å²) in [6.45, 7) is 6.10. The highest BCUT2D eigenvalue weighted by molar-refractivity contribution is 7.91. The van der Waals surface area contributed by atoms with Gasteiger partial charge in [-0.1, -0.05) is 6.92 Å². The highest BCUT2D eigenvalue weighted by atomic mass is 32.2. The van der Waals surface area contributed by atoms with Gasteiger partial charge in [-0.05, 0) is 47.4 Å². The molecule has 0 bridgehead atoms. The van der Waals surface area contributed by atoms with Crippen molar-refractivity contribution in [3.8, 4) is 0 Å². The Hall–Kier alpha value is -1.42. The summed E-state index contributed by atoms with van der Waals surface area (Å²) in [7, 11) is -3.64. The third-order valence-electron chi connectivity index (χ3n) is 3.34. The molecule has 132 valence electrons. The van der Waals surface area contributed by atoms with E-state index in [9.17, 15) is 8.42 Å². The van der Waals surface area contributed by atoms with Gasteiger partial charge in [0.25, 0.3) is 0 Å². The molecule has 2 aromatic rings. The summed E-state index contributed by atoms with van der Waals surface area (Å²) in [5, 5.41) is 15.9. The summed E-state index contributed by atoms with van der Waals surface area (Å²) >= 11 is 2.84. The first-order valence-corrected chi connectivity index (χ1v) is 10.9. The van der Waals surface area contributed by atoms with Gasteiger partial charge in [-0.3, -0.25) is 0 Å². The van der Waals surface area contributed by atoms with Crippen LogP contribution < -0.4 is 15.8 Å². The molecule has 2 aromatic heterocycles. The Balaban J connectivity index is 1.96. The lowest BCUT2D eigenvalue weighted by Gasteiger charge is -2.15. The smallest absolute Gasteiger partial charge is 0.247 e. The van der Waals surface area contributed by atoms with Crippen LogP contribution in [0.3, 0.4) is 0 Å². The molecule has 0 aliphatic carbocycles. The lowest BCUT2D eigenvalue weighted by Crippen LogP contribution is -2.39. The Bertz CT molecular complexity index is 767. The van der Waals surface area contributed by atoms with E-state index in [0.717, 1.165) is 29.3 Å². The van der Waals surface area contributed by atoms with E-state index >= 15 is 0 Å². The topological polar surface area (TPSA) is 96.6 Å². The van der Waals surface area contributed by atoms with E-state index in [4.69, 9.17) is 5.14 Å². The molecule has 2 heterocycles. The van der Waals surface area contributed by atoms with Crippen molar-refractivity contribution in [2.24, 2.45) is 10.1 Å². The monoisotopic (exact) mass is 386 g/mol. The fraction of sp³-hybridized carbons (Fsp3) is 0.400. The zero-order valence-electron chi connectivity index (χ0n) is 13.7. The number of sulfonamides is 1. The number of nitrogens with two attached hydrogens (primary N) is 1. The summed E-state index contributed by atoms with van der Waals surface area (Å²) in [4.78, 5) is 5.35. The molecule has 24 heavy (non-hydrogen) atoms. The number of guanidine groups is 1. The number of rotatable bonds is 7. The number of nitrogens with zero attached hydrogens (tertiary/aromatic N) is 1. The van der Waals surface area contributed by atoms with Crippen molar-refractivity contribution in [1.82, 2.24) is 10.6 Å². The van der Waals surface area contributed by atoms with Gasteiger partial charge in [-0.25, -0.2) is 18.5 Å². The second-order valence-electron chi connectivity index (χ2n) is 5.30. The van der Waals surface area contributed by atoms with Crippen LogP contribution in [0.1, 0.15) is 30.2 Å². The van der Waals surface area contributed by atoms with Crippen molar-refractivity contribution in [3.63, 3.8) is 0 Å². The van der Waals surface area contributed by atoms with Crippen LogP contribution in [0.5, 0.6) is 0 Å². The van der Waals surface area contributed by atoms with Gasteiger partial charge in [0.05, 0.1) is 6.54 Å². The predicted molar refractivity (Wildman–Crippen MR) is 101 cm³/mol. The van der Waals surface area contributed by atoms with E-state index in [1.807, 2.05) is 6.92 Å². The molecule has 1 unspecified atom stereocenters. The standard InChI is InChI=1S/C15H22N4O2S3/c1-3-17-15(18-8-11(2)12-6-7-22-10-12)19-9-13-4-5-14(23-13)24(16,20)21/h4-7,10-11H,3,8-9H2,1-2H3,(H2,16,20,21)(H2,17,18,19). The Morgan fingerprint density at radius 3 is 2.71 bits per heavy atom. The molecular weight excluding hydrogens is 364 g/mol. The molecule has 6 nitrogen and oxygen atoms in total. The summed E-state index contributed by atoms with van der Waals surface area (Å²) in [5.74, 6) is 1.10. The Morgan fingerprint density at radius 2 is 2.12 bits per heavy atom. The molecule has 4 N–H and O–H groups in total. The van der Waals surface area contributed by atoms with Gasteiger partial charge in [0.15, 0.2) is 5.96 Å². The molecule has 0 amide bonds. The molecule has 1 atom stereocenters. The van der Waals surface area contributed by atoms with Crippen LogP contribution in [0.2, 0.25) is 0 Å². The second kappa shape index (κ2) is 8.61. The normalized spacial score (nSPS) is 13.7. The van der Waals surface area contributed by atoms with Crippen LogP contribution in [0.25, 0.3) is 0 Å².